The van der Waals surface area contributed by atoms with Crippen LogP contribution in [0.25, 0.3) is 0 Å². The second-order valence-corrected chi connectivity index (χ2v) is 0.933. The van der Waals surface area contributed by atoms with Crippen LogP contribution in [0.4, 0.5) is 0 Å². The SMILES string of the molecule is O=[C-]CNP.[Y]. The van der Waals surface area contributed by atoms with Gasteiger partial charge in [-0.2, -0.15) is 0 Å². The summed E-state index contributed by atoms with van der Waals surface area (Å²) in [6, 6.07) is 0. The Balaban J connectivity index is 0. The first-order valence-corrected chi connectivity index (χ1v) is 1.78. The molecule has 0 aliphatic rings. The molecular formula is C2H5NOPY-. The number of rotatable bonds is 2. The summed E-state index contributed by atoms with van der Waals surface area (Å²) in [4.78, 5) is 9.20. The number of nitrogens with one attached hydrogen (secondary N) is 1. The molecule has 0 aliphatic heterocycles. The summed E-state index contributed by atoms with van der Waals surface area (Å²) in [5.74, 6) is 0. The van der Waals surface area contributed by atoms with Gasteiger partial charge in [0.05, 0.1) is 0 Å². The summed E-state index contributed by atoms with van der Waals surface area (Å²) in [7, 11) is 2.19. The average Bonchev–Trinajstić information content (AvgIpc) is 1.41. The fourth-order valence-electron chi connectivity index (χ4n) is 0.0417. The van der Waals surface area contributed by atoms with Crippen LogP contribution < -0.4 is 5.09 Å². The minimum atomic E-state index is 0. The van der Waals surface area contributed by atoms with Crippen LogP contribution in [0.15, 0.2) is 0 Å². The molecule has 0 aromatic rings. The van der Waals surface area contributed by atoms with Crippen molar-refractivity contribution in [3.8, 4) is 0 Å². The molecule has 1 radical (unpaired) electrons. The quantitative estimate of drug-likeness (QED) is 0.456. The maximum atomic E-state index is 9.20. The summed E-state index contributed by atoms with van der Waals surface area (Å²) >= 11 is 0. The van der Waals surface area contributed by atoms with Crippen molar-refractivity contribution in [3.63, 3.8) is 0 Å². The van der Waals surface area contributed by atoms with Crippen molar-refractivity contribution in [2.24, 2.45) is 0 Å². The molecule has 0 rings (SSSR count). The molecule has 6 heavy (non-hydrogen) atoms. The van der Waals surface area contributed by atoms with Crippen LogP contribution in [0.5, 0.6) is 0 Å². The van der Waals surface area contributed by atoms with Gasteiger partial charge in [-0.15, -0.1) is 0 Å². The fourth-order valence-corrected chi connectivity index (χ4v) is 0.125. The van der Waals surface area contributed by atoms with Crippen molar-refractivity contribution < 1.29 is 37.5 Å². The molecule has 0 saturated carbocycles. The molecule has 0 amide bonds. The van der Waals surface area contributed by atoms with E-state index >= 15 is 0 Å². The number of hydrogen-bond donors (Lipinski definition) is 1. The van der Waals surface area contributed by atoms with Gasteiger partial charge in [0.25, 0.3) is 0 Å². The van der Waals surface area contributed by atoms with Gasteiger partial charge in [-0.25, -0.2) is 6.29 Å². The van der Waals surface area contributed by atoms with Gasteiger partial charge >= 0.3 is 0 Å². The Kier molecular flexibility index (Phi) is 16.1. The van der Waals surface area contributed by atoms with Crippen LogP contribution in [-0.4, -0.2) is 12.8 Å². The molecule has 0 aromatic heterocycles. The first-order valence-electron chi connectivity index (χ1n) is 1.20. The fraction of sp³-hybridized carbons (Fsp3) is 0.500. The summed E-state index contributed by atoms with van der Waals surface area (Å²) < 4.78 is 0. The Morgan fingerprint density at radius 3 is 2.33 bits per heavy atom. The molecule has 1 N–H and O–H groups in total. The van der Waals surface area contributed by atoms with E-state index in [9.17, 15) is 4.79 Å². The molecule has 0 heterocycles. The third-order valence-electron chi connectivity index (χ3n) is 0.174. The monoisotopic (exact) mass is 179 g/mol. The zero-order chi connectivity index (χ0) is 4.12. The molecule has 0 aromatic carbocycles. The first-order chi connectivity index (χ1) is 2.41. The zero-order valence-corrected chi connectivity index (χ0v) is 7.26. The third-order valence-corrected chi connectivity index (χ3v) is 0.378. The van der Waals surface area contributed by atoms with E-state index < -0.39 is 0 Å². The van der Waals surface area contributed by atoms with E-state index in [1.54, 1.807) is 6.29 Å². The zero-order valence-electron chi connectivity index (χ0n) is 3.27. The summed E-state index contributed by atoms with van der Waals surface area (Å²) in [5.41, 5.74) is 0. The topological polar surface area (TPSA) is 29.1 Å². The van der Waals surface area contributed by atoms with Crippen LogP contribution in [-0.2, 0) is 37.5 Å². The predicted octanol–water partition coefficient (Wildman–Crippen LogP) is -0.527. The average molecular weight is 179 g/mol. The van der Waals surface area contributed by atoms with Gasteiger partial charge in [-0.1, -0.05) is 15.9 Å². The standard InChI is InChI=1S/C2H5NOP.Y/c4-2-1-3-5;/h3H,1,5H2;/q-1;. The molecule has 33 valence electrons. The normalized spacial score (nSPS) is 6.17. The van der Waals surface area contributed by atoms with Crippen molar-refractivity contribution in [2.45, 2.75) is 0 Å². The molecule has 1 unspecified atom stereocenters. The molecule has 2 nitrogen and oxygen atoms in total. The van der Waals surface area contributed by atoms with E-state index in [4.69, 9.17) is 0 Å². The Morgan fingerprint density at radius 2 is 2.33 bits per heavy atom. The van der Waals surface area contributed by atoms with Crippen molar-refractivity contribution >= 4 is 15.7 Å². The molecule has 0 fully saturated rings. The van der Waals surface area contributed by atoms with Gasteiger partial charge in [0.1, 0.15) is 0 Å². The summed E-state index contributed by atoms with van der Waals surface area (Å²) in [6.45, 7) is 0.296. The van der Waals surface area contributed by atoms with Crippen molar-refractivity contribution in [1.82, 2.24) is 5.09 Å². The van der Waals surface area contributed by atoms with Gasteiger partial charge in [0.15, 0.2) is 0 Å². The molecule has 0 bridgehead atoms. The van der Waals surface area contributed by atoms with E-state index in [0.717, 1.165) is 0 Å². The van der Waals surface area contributed by atoms with Crippen LogP contribution in [0.3, 0.4) is 0 Å². The second kappa shape index (κ2) is 9.48. The molecule has 1 atom stereocenters. The van der Waals surface area contributed by atoms with Gasteiger partial charge < -0.3 is 9.88 Å². The number of hydrogen-bond acceptors (Lipinski definition) is 2. The van der Waals surface area contributed by atoms with Gasteiger partial charge in [-0.05, 0) is 0 Å². The van der Waals surface area contributed by atoms with Crippen LogP contribution >= 0.6 is 9.39 Å². The van der Waals surface area contributed by atoms with E-state index in [-0.39, 0.29) is 32.7 Å². The van der Waals surface area contributed by atoms with Gasteiger partial charge in [0, 0.05) is 32.7 Å². The smallest absolute Gasteiger partial charge is 0 e. The third kappa shape index (κ3) is 8.94. The molecule has 0 aliphatic carbocycles. The van der Waals surface area contributed by atoms with E-state index in [1.165, 1.54) is 0 Å². The van der Waals surface area contributed by atoms with Gasteiger partial charge in [-0.3, -0.25) is 0 Å². The summed E-state index contributed by atoms with van der Waals surface area (Å²) in [5, 5.41) is 2.51. The minimum absolute atomic E-state index is 0. The van der Waals surface area contributed by atoms with E-state index in [0.29, 0.717) is 6.54 Å². The largest absolute Gasteiger partial charge is 0.541 e. The molecule has 0 spiro atoms. The van der Waals surface area contributed by atoms with Gasteiger partial charge in [0.2, 0.25) is 0 Å². The maximum Gasteiger partial charge on any atom is 0 e. The number of carbonyl (C=O) groups excluding carboxylic acids is 1. The molecular weight excluding hydrogens is 174 g/mol. The Morgan fingerprint density at radius 1 is 1.83 bits per heavy atom. The molecule has 4 heteroatoms. The first kappa shape index (κ1) is 10.2. The van der Waals surface area contributed by atoms with Crippen molar-refractivity contribution in [3.05, 3.63) is 0 Å². The van der Waals surface area contributed by atoms with E-state index in [1.807, 2.05) is 0 Å². The maximum absolute atomic E-state index is 9.20. The minimum Gasteiger partial charge on any atom is -0.541 e. The van der Waals surface area contributed by atoms with Crippen LogP contribution in [0.1, 0.15) is 0 Å². The van der Waals surface area contributed by atoms with E-state index in [2.05, 4.69) is 14.5 Å². The second-order valence-electron chi connectivity index (χ2n) is 0.525. The van der Waals surface area contributed by atoms with Crippen molar-refractivity contribution in [1.29, 1.82) is 0 Å². The Hall–Kier alpha value is 1.16. The van der Waals surface area contributed by atoms with Crippen LogP contribution in [0.2, 0.25) is 0 Å². The molecule has 0 saturated heterocycles. The Bertz CT molecular complexity index is 34.7. The summed E-state index contributed by atoms with van der Waals surface area (Å²) in [6.07, 6.45) is 1.64. The predicted molar refractivity (Wildman–Crippen MR) is 23.4 cm³/mol. The van der Waals surface area contributed by atoms with Crippen LogP contribution in [0, 0.1) is 0 Å². The van der Waals surface area contributed by atoms with Crippen molar-refractivity contribution in [2.75, 3.05) is 6.54 Å². The Labute approximate surface area is 64.6 Å².